The Kier molecular flexibility index (Phi) is 4.28. The Hall–Kier alpha value is -1.53. The summed E-state index contributed by atoms with van der Waals surface area (Å²) in [4.78, 5) is 10.8. The number of benzene rings is 1. The molecule has 0 spiro atoms. The third-order valence-corrected chi connectivity index (χ3v) is 4.63. The van der Waals surface area contributed by atoms with Crippen molar-refractivity contribution >= 4 is 18.7 Å². The van der Waals surface area contributed by atoms with Crippen LogP contribution in [0.5, 0.6) is 0 Å². The van der Waals surface area contributed by atoms with E-state index in [9.17, 15) is 4.79 Å². The number of nitrogens with one attached hydrogen (secondary N) is 1. The predicted molar refractivity (Wildman–Crippen MR) is 86.5 cm³/mol. The Labute approximate surface area is 132 Å². The molecule has 1 aromatic rings. The standard InChI is InChI=1S/C16H24BNO4/c1-10-9-12(7-8-13(10)11(2)18-14(19)20)17-21-15(3,4)16(5,6)22-17/h7-9,11,18H,1-6H3,(H,19,20)/t11-/m1/s1. The van der Waals surface area contributed by atoms with Crippen LogP contribution in [0.15, 0.2) is 18.2 Å². The van der Waals surface area contributed by atoms with Gasteiger partial charge in [0.15, 0.2) is 0 Å². The zero-order valence-corrected chi connectivity index (χ0v) is 14.1. The summed E-state index contributed by atoms with van der Waals surface area (Å²) >= 11 is 0. The molecule has 6 heteroatoms. The summed E-state index contributed by atoms with van der Waals surface area (Å²) in [5.41, 5.74) is 2.16. The quantitative estimate of drug-likeness (QED) is 0.842. The van der Waals surface area contributed by atoms with Gasteiger partial charge in [0, 0.05) is 0 Å². The molecule has 0 saturated carbocycles. The van der Waals surface area contributed by atoms with Crippen LogP contribution in [0.1, 0.15) is 51.8 Å². The molecule has 0 aromatic heterocycles. The van der Waals surface area contributed by atoms with Gasteiger partial charge >= 0.3 is 13.2 Å². The molecule has 1 aromatic carbocycles. The van der Waals surface area contributed by atoms with Gasteiger partial charge < -0.3 is 19.7 Å². The fraction of sp³-hybridized carbons (Fsp3) is 0.562. The lowest BCUT2D eigenvalue weighted by molar-refractivity contribution is 0.00578. The average molecular weight is 305 g/mol. The van der Waals surface area contributed by atoms with Gasteiger partial charge in [-0.2, -0.15) is 0 Å². The van der Waals surface area contributed by atoms with Crippen LogP contribution < -0.4 is 10.8 Å². The van der Waals surface area contributed by atoms with Crippen LogP contribution in [-0.2, 0) is 9.31 Å². The van der Waals surface area contributed by atoms with Crippen molar-refractivity contribution in [2.75, 3.05) is 0 Å². The van der Waals surface area contributed by atoms with Gasteiger partial charge in [0.05, 0.1) is 17.2 Å². The van der Waals surface area contributed by atoms with E-state index in [1.807, 2.05) is 59.7 Å². The van der Waals surface area contributed by atoms with Gasteiger partial charge in [-0.25, -0.2) is 4.79 Å². The molecule has 2 N–H and O–H groups in total. The molecule has 0 aliphatic carbocycles. The summed E-state index contributed by atoms with van der Waals surface area (Å²) in [7, 11) is -0.402. The SMILES string of the molecule is Cc1cc(B2OC(C)(C)C(C)(C)O2)ccc1[C@@H](C)NC(=O)O. The summed E-state index contributed by atoms with van der Waals surface area (Å²) < 4.78 is 12.1. The second-order valence-corrected chi connectivity index (χ2v) is 6.88. The second-order valence-electron chi connectivity index (χ2n) is 6.88. The molecule has 1 heterocycles. The normalized spacial score (nSPS) is 20.7. The van der Waals surface area contributed by atoms with Crippen molar-refractivity contribution in [1.82, 2.24) is 5.32 Å². The van der Waals surface area contributed by atoms with Crippen LogP contribution >= 0.6 is 0 Å². The number of amides is 1. The fourth-order valence-electron chi connectivity index (χ4n) is 2.57. The molecular weight excluding hydrogens is 281 g/mol. The summed E-state index contributed by atoms with van der Waals surface area (Å²) in [6, 6.07) is 5.60. The van der Waals surface area contributed by atoms with Crippen LogP contribution in [-0.4, -0.2) is 29.5 Å². The highest BCUT2D eigenvalue weighted by molar-refractivity contribution is 6.62. The Bertz CT molecular complexity index is 570. The van der Waals surface area contributed by atoms with Crippen molar-refractivity contribution in [2.45, 2.75) is 58.8 Å². The van der Waals surface area contributed by atoms with Gasteiger partial charge in [-0.1, -0.05) is 18.2 Å². The van der Waals surface area contributed by atoms with Crippen molar-refractivity contribution < 1.29 is 19.2 Å². The van der Waals surface area contributed by atoms with Crippen LogP contribution in [0.3, 0.4) is 0 Å². The predicted octanol–water partition coefficient (Wildman–Crippen LogP) is 2.62. The van der Waals surface area contributed by atoms with Crippen molar-refractivity contribution in [1.29, 1.82) is 0 Å². The van der Waals surface area contributed by atoms with Crippen LogP contribution in [0.2, 0.25) is 0 Å². The minimum atomic E-state index is -1.03. The maximum atomic E-state index is 10.8. The van der Waals surface area contributed by atoms with E-state index in [-0.39, 0.29) is 17.2 Å². The van der Waals surface area contributed by atoms with Crippen LogP contribution in [0.25, 0.3) is 0 Å². The molecule has 0 bridgehead atoms. The number of rotatable bonds is 3. The largest absolute Gasteiger partial charge is 0.494 e. The number of carbonyl (C=O) groups is 1. The van der Waals surface area contributed by atoms with E-state index in [2.05, 4.69) is 5.32 Å². The Morgan fingerprint density at radius 2 is 1.77 bits per heavy atom. The molecule has 1 amide bonds. The summed E-state index contributed by atoms with van der Waals surface area (Å²) in [6.45, 7) is 11.9. The van der Waals surface area contributed by atoms with Gasteiger partial charge in [-0.15, -0.1) is 0 Å². The first-order valence-electron chi connectivity index (χ1n) is 7.49. The molecule has 5 nitrogen and oxygen atoms in total. The monoisotopic (exact) mass is 305 g/mol. The second kappa shape index (κ2) is 5.59. The molecule has 22 heavy (non-hydrogen) atoms. The van der Waals surface area contributed by atoms with Crippen LogP contribution in [0.4, 0.5) is 4.79 Å². The van der Waals surface area contributed by atoms with Crippen molar-refractivity contribution in [3.8, 4) is 0 Å². The molecule has 1 saturated heterocycles. The Balaban J connectivity index is 2.22. The van der Waals surface area contributed by atoms with Crippen molar-refractivity contribution in [2.24, 2.45) is 0 Å². The Morgan fingerprint density at radius 1 is 1.23 bits per heavy atom. The molecule has 1 atom stereocenters. The van der Waals surface area contributed by atoms with E-state index in [0.717, 1.165) is 16.6 Å². The van der Waals surface area contributed by atoms with E-state index < -0.39 is 13.2 Å². The third kappa shape index (κ3) is 3.13. The number of carboxylic acid groups (broad SMARTS) is 1. The van der Waals surface area contributed by atoms with Crippen molar-refractivity contribution in [3.63, 3.8) is 0 Å². The molecule has 0 unspecified atom stereocenters. The van der Waals surface area contributed by atoms with Crippen LogP contribution in [0, 0.1) is 6.92 Å². The molecule has 2 rings (SSSR count). The van der Waals surface area contributed by atoms with E-state index in [1.54, 1.807) is 0 Å². The lowest BCUT2D eigenvalue weighted by Crippen LogP contribution is -2.41. The first-order chi connectivity index (χ1) is 10.0. The van der Waals surface area contributed by atoms with Gasteiger partial charge in [0.25, 0.3) is 0 Å². The fourth-order valence-corrected chi connectivity index (χ4v) is 2.57. The summed E-state index contributed by atoms with van der Waals surface area (Å²) in [6.07, 6.45) is -1.03. The van der Waals surface area contributed by atoms with Gasteiger partial charge in [-0.3, -0.25) is 0 Å². The maximum Gasteiger partial charge on any atom is 0.494 e. The number of hydrogen-bond acceptors (Lipinski definition) is 3. The summed E-state index contributed by atoms with van der Waals surface area (Å²) in [5.74, 6) is 0. The highest BCUT2D eigenvalue weighted by atomic mass is 16.7. The van der Waals surface area contributed by atoms with Gasteiger partial charge in [-0.05, 0) is 58.1 Å². The minimum Gasteiger partial charge on any atom is -0.465 e. The topological polar surface area (TPSA) is 67.8 Å². The zero-order valence-electron chi connectivity index (χ0n) is 14.1. The van der Waals surface area contributed by atoms with Gasteiger partial charge in [0.1, 0.15) is 0 Å². The maximum absolute atomic E-state index is 10.8. The highest BCUT2D eigenvalue weighted by Crippen LogP contribution is 2.36. The van der Waals surface area contributed by atoms with E-state index in [4.69, 9.17) is 14.4 Å². The Morgan fingerprint density at radius 3 is 2.23 bits per heavy atom. The smallest absolute Gasteiger partial charge is 0.465 e. The number of aryl methyl sites for hydroxylation is 1. The molecule has 1 fully saturated rings. The molecule has 1 aliphatic rings. The van der Waals surface area contributed by atoms with E-state index in [0.29, 0.717) is 0 Å². The zero-order chi connectivity index (χ0) is 16.7. The molecule has 0 radical (unpaired) electrons. The molecular formula is C16H24BNO4. The summed E-state index contributed by atoms with van der Waals surface area (Å²) in [5, 5.41) is 11.3. The van der Waals surface area contributed by atoms with Gasteiger partial charge in [0.2, 0.25) is 0 Å². The van der Waals surface area contributed by atoms with E-state index >= 15 is 0 Å². The minimum absolute atomic E-state index is 0.259. The van der Waals surface area contributed by atoms with Crippen molar-refractivity contribution in [3.05, 3.63) is 29.3 Å². The molecule has 1 aliphatic heterocycles. The lowest BCUT2D eigenvalue weighted by atomic mass is 9.77. The first-order valence-corrected chi connectivity index (χ1v) is 7.49. The molecule has 120 valence electrons. The third-order valence-electron chi connectivity index (χ3n) is 4.63. The van der Waals surface area contributed by atoms with E-state index in [1.165, 1.54) is 0 Å². The highest BCUT2D eigenvalue weighted by Gasteiger charge is 2.51. The first kappa shape index (κ1) is 16.8. The lowest BCUT2D eigenvalue weighted by Gasteiger charge is -2.32. The average Bonchev–Trinajstić information content (AvgIpc) is 2.57. The number of hydrogen-bond donors (Lipinski definition) is 2.